The molecular formula is C20H22O5. The van der Waals surface area contributed by atoms with Crippen molar-refractivity contribution < 1.29 is 23.7 Å². The lowest BCUT2D eigenvalue weighted by atomic mass is 9.94. The maximum atomic E-state index is 5.71. The zero-order chi connectivity index (χ0) is 18.0. The number of allylic oxidation sites excluding steroid dienone is 1. The molecule has 0 bridgehead atoms. The van der Waals surface area contributed by atoms with Gasteiger partial charge < -0.3 is 23.7 Å². The van der Waals surface area contributed by atoms with Gasteiger partial charge in [0, 0.05) is 5.56 Å². The smallest absolute Gasteiger partial charge is 0.203 e. The monoisotopic (exact) mass is 342 g/mol. The van der Waals surface area contributed by atoms with Crippen LogP contribution in [0, 0.1) is 0 Å². The van der Waals surface area contributed by atoms with Crippen LogP contribution in [0.4, 0.5) is 0 Å². The van der Waals surface area contributed by atoms with Crippen molar-refractivity contribution in [3.8, 4) is 39.9 Å². The van der Waals surface area contributed by atoms with Crippen LogP contribution in [0.3, 0.4) is 0 Å². The first-order valence-electron chi connectivity index (χ1n) is 7.93. The van der Waals surface area contributed by atoms with Crippen molar-refractivity contribution in [3.05, 3.63) is 35.4 Å². The van der Waals surface area contributed by atoms with E-state index >= 15 is 0 Å². The summed E-state index contributed by atoms with van der Waals surface area (Å²) in [5, 5.41) is 0. The lowest BCUT2D eigenvalue weighted by Gasteiger charge is -2.20. The molecule has 3 rings (SSSR count). The van der Waals surface area contributed by atoms with Gasteiger partial charge in [-0.15, -0.1) is 0 Å². The molecule has 0 aliphatic heterocycles. The molecule has 0 saturated carbocycles. The standard InChI is InChI=1S/C20H22O5/c1-21-15-9-12-7-6-8-13-10-17(23-3)19(24-4)20(25-5)18(13)14(12)11-16(15)22-2/h6-7,9-11H,8H2,1-5H3. The summed E-state index contributed by atoms with van der Waals surface area (Å²) in [6.45, 7) is 0. The Bertz CT molecular complexity index is 824. The zero-order valence-electron chi connectivity index (χ0n) is 15.1. The molecule has 2 aromatic carbocycles. The van der Waals surface area contributed by atoms with E-state index < -0.39 is 0 Å². The molecule has 0 radical (unpaired) electrons. The summed E-state index contributed by atoms with van der Waals surface area (Å²) in [5.74, 6) is 3.23. The molecule has 5 heteroatoms. The summed E-state index contributed by atoms with van der Waals surface area (Å²) >= 11 is 0. The van der Waals surface area contributed by atoms with Gasteiger partial charge in [0.15, 0.2) is 23.0 Å². The number of rotatable bonds is 5. The summed E-state index contributed by atoms with van der Waals surface area (Å²) < 4.78 is 27.7. The second kappa shape index (κ2) is 6.97. The van der Waals surface area contributed by atoms with Crippen LogP contribution in [-0.4, -0.2) is 35.5 Å². The number of hydrogen-bond acceptors (Lipinski definition) is 5. The zero-order valence-corrected chi connectivity index (χ0v) is 15.1. The third-order valence-electron chi connectivity index (χ3n) is 4.37. The van der Waals surface area contributed by atoms with Crippen molar-refractivity contribution in [2.75, 3.05) is 35.5 Å². The molecule has 0 unspecified atom stereocenters. The highest BCUT2D eigenvalue weighted by Gasteiger charge is 2.25. The Morgan fingerprint density at radius 2 is 1.32 bits per heavy atom. The minimum Gasteiger partial charge on any atom is -0.493 e. The first kappa shape index (κ1) is 17.0. The summed E-state index contributed by atoms with van der Waals surface area (Å²) in [6.07, 6.45) is 4.95. The maximum absolute atomic E-state index is 5.71. The fourth-order valence-electron chi connectivity index (χ4n) is 3.23. The van der Waals surface area contributed by atoms with E-state index in [4.69, 9.17) is 23.7 Å². The molecule has 25 heavy (non-hydrogen) atoms. The molecule has 2 aromatic rings. The van der Waals surface area contributed by atoms with Gasteiger partial charge in [0.2, 0.25) is 5.75 Å². The first-order valence-corrected chi connectivity index (χ1v) is 7.93. The molecule has 0 heterocycles. The second-order valence-electron chi connectivity index (χ2n) is 5.58. The maximum Gasteiger partial charge on any atom is 0.203 e. The molecule has 0 amide bonds. The number of ether oxygens (including phenoxy) is 5. The Balaban J connectivity index is 2.37. The number of benzene rings is 2. The number of methoxy groups -OCH3 is 5. The minimum absolute atomic E-state index is 0.575. The lowest BCUT2D eigenvalue weighted by Crippen LogP contribution is -2.01. The molecule has 0 fully saturated rings. The lowest BCUT2D eigenvalue weighted by molar-refractivity contribution is 0.324. The predicted octanol–water partition coefficient (Wildman–Crippen LogP) is 3.97. The number of fused-ring (bicyclic) bond motifs is 3. The molecule has 1 aliphatic carbocycles. The van der Waals surface area contributed by atoms with E-state index in [1.54, 1.807) is 35.5 Å². The molecule has 1 aliphatic rings. The van der Waals surface area contributed by atoms with Crippen LogP contribution in [0.25, 0.3) is 17.2 Å². The van der Waals surface area contributed by atoms with Crippen molar-refractivity contribution in [3.63, 3.8) is 0 Å². The fraction of sp³-hybridized carbons (Fsp3) is 0.300. The summed E-state index contributed by atoms with van der Waals surface area (Å²) in [4.78, 5) is 0. The minimum atomic E-state index is 0.575. The molecule has 0 saturated heterocycles. The van der Waals surface area contributed by atoms with E-state index in [1.807, 2.05) is 18.2 Å². The highest BCUT2D eigenvalue weighted by atomic mass is 16.5. The third-order valence-corrected chi connectivity index (χ3v) is 4.37. The van der Waals surface area contributed by atoms with Gasteiger partial charge >= 0.3 is 0 Å². The van der Waals surface area contributed by atoms with Gasteiger partial charge in [0.25, 0.3) is 0 Å². The van der Waals surface area contributed by atoms with Crippen molar-refractivity contribution in [1.82, 2.24) is 0 Å². The average Bonchev–Trinajstić information content (AvgIpc) is 2.83. The highest BCUT2D eigenvalue weighted by molar-refractivity contribution is 5.88. The Kier molecular flexibility index (Phi) is 4.74. The van der Waals surface area contributed by atoms with E-state index in [9.17, 15) is 0 Å². The molecular weight excluding hydrogens is 320 g/mol. The van der Waals surface area contributed by atoms with Gasteiger partial charge in [-0.05, 0) is 41.3 Å². The van der Waals surface area contributed by atoms with E-state index in [1.165, 1.54) is 0 Å². The SMILES string of the molecule is COc1cc2c(cc1OC)-c1c(cc(OC)c(OC)c1OC)CC=C2. The third kappa shape index (κ3) is 2.76. The van der Waals surface area contributed by atoms with E-state index in [0.29, 0.717) is 28.7 Å². The first-order chi connectivity index (χ1) is 12.2. The highest BCUT2D eigenvalue weighted by Crippen LogP contribution is 2.50. The van der Waals surface area contributed by atoms with Crippen LogP contribution in [-0.2, 0) is 6.42 Å². The Morgan fingerprint density at radius 3 is 1.92 bits per heavy atom. The second-order valence-corrected chi connectivity index (χ2v) is 5.58. The van der Waals surface area contributed by atoms with Gasteiger partial charge in [-0.2, -0.15) is 0 Å². The number of hydrogen-bond donors (Lipinski definition) is 0. The van der Waals surface area contributed by atoms with Crippen LogP contribution < -0.4 is 23.7 Å². The van der Waals surface area contributed by atoms with Crippen molar-refractivity contribution in [2.45, 2.75) is 6.42 Å². The van der Waals surface area contributed by atoms with Crippen molar-refractivity contribution in [2.24, 2.45) is 0 Å². The fourth-order valence-corrected chi connectivity index (χ4v) is 3.23. The Morgan fingerprint density at radius 1 is 0.680 bits per heavy atom. The Labute approximate surface area is 147 Å². The molecule has 5 nitrogen and oxygen atoms in total. The summed E-state index contributed by atoms with van der Waals surface area (Å²) in [7, 11) is 8.13. The van der Waals surface area contributed by atoms with Gasteiger partial charge in [-0.3, -0.25) is 0 Å². The van der Waals surface area contributed by atoms with Crippen molar-refractivity contribution in [1.29, 1.82) is 0 Å². The topological polar surface area (TPSA) is 46.2 Å². The largest absolute Gasteiger partial charge is 0.493 e. The van der Waals surface area contributed by atoms with Gasteiger partial charge in [-0.25, -0.2) is 0 Å². The molecule has 0 aromatic heterocycles. The van der Waals surface area contributed by atoms with Gasteiger partial charge in [0.05, 0.1) is 35.5 Å². The molecule has 0 atom stereocenters. The van der Waals surface area contributed by atoms with Crippen LogP contribution in [0.2, 0.25) is 0 Å². The quantitative estimate of drug-likeness (QED) is 0.823. The van der Waals surface area contributed by atoms with Crippen LogP contribution in [0.5, 0.6) is 28.7 Å². The molecule has 132 valence electrons. The van der Waals surface area contributed by atoms with E-state index in [-0.39, 0.29) is 0 Å². The van der Waals surface area contributed by atoms with Crippen LogP contribution in [0.1, 0.15) is 11.1 Å². The average molecular weight is 342 g/mol. The van der Waals surface area contributed by atoms with Crippen molar-refractivity contribution >= 4 is 6.08 Å². The van der Waals surface area contributed by atoms with E-state index in [0.717, 1.165) is 28.7 Å². The summed E-state index contributed by atoms with van der Waals surface area (Å²) in [5.41, 5.74) is 4.10. The van der Waals surface area contributed by atoms with Gasteiger partial charge in [0.1, 0.15) is 0 Å². The van der Waals surface area contributed by atoms with Gasteiger partial charge in [-0.1, -0.05) is 12.2 Å². The Hall–Kier alpha value is -2.82. The van der Waals surface area contributed by atoms with Crippen LogP contribution >= 0.6 is 0 Å². The normalized spacial score (nSPS) is 11.9. The van der Waals surface area contributed by atoms with E-state index in [2.05, 4.69) is 12.2 Å². The summed E-state index contributed by atoms with van der Waals surface area (Å²) in [6, 6.07) is 5.93. The molecule has 0 spiro atoms. The molecule has 0 N–H and O–H groups in total. The predicted molar refractivity (Wildman–Crippen MR) is 97.4 cm³/mol. The van der Waals surface area contributed by atoms with Crippen LogP contribution in [0.15, 0.2) is 24.3 Å².